The smallest absolute Gasteiger partial charge is 0.251 e. The van der Waals surface area contributed by atoms with Crippen molar-refractivity contribution >= 4 is 17.5 Å². The fraction of sp³-hybridized carbons (Fsp3) is 0.240. The van der Waals surface area contributed by atoms with Crippen LogP contribution in [0.25, 0.3) is 0 Å². The lowest BCUT2D eigenvalue weighted by molar-refractivity contribution is 0.0932. The van der Waals surface area contributed by atoms with Crippen LogP contribution in [-0.4, -0.2) is 5.91 Å². The van der Waals surface area contributed by atoms with Crippen LogP contribution in [0.3, 0.4) is 0 Å². The second-order valence-electron chi connectivity index (χ2n) is 7.47. The number of nitrogens with one attached hydrogen (secondary N) is 1. The highest BCUT2D eigenvalue weighted by atomic mass is 35.5. The molecule has 3 nitrogen and oxygen atoms in total. The number of ether oxygens (including phenoxy) is 1. The van der Waals surface area contributed by atoms with E-state index in [0.29, 0.717) is 28.9 Å². The lowest BCUT2D eigenvalue weighted by atomic mass is 9.96. The van der Waals surface area contributed by atoms with E-state index < -0.39 is 0 Å². The maximum absolute atomic E-state index is 12.8. The molecule has 1 atom stereocenters. The molecule has 0 aliphatic heterocycles. The quantitative estimate of drug-likeness (QED) is 0.466. The van der Waals surface area contributed by atoms with E-state index in [4.69, 9.17) is 16.3 Å². The highest BCUT2D eigenvalue weighted by molar-refractivity contribution is 6.31. The second kappa shape index (κ2) is 10.1. The van der Waals surface area contributed by atoms with Crippen molar-refractivity contribution in [2.45, 2.75) is 32.9 Å². The molecule has 0 bridgehead atoms. The van der Waals surface area contributed by atoms with Gasteiger partial charge in [-0.25, -0.2) is 0 Å². The van der Waals surface area contributed by atoms with Gasteiger partial charge >= 0.3 is 0 Å². The third-order valence-electron chi connectivity index (χ3n) is 4.68. The number of benzene rings is 3. The molecule has 1 N–H and O–H groups in total. The van der Waals surface area contributed by atoms with Gasteiger partial charge in [0.1, 0.15) is 12.4 Å². The van der Waals surface area contributed by atoms with Gasteiger partial charge in [0.15, 0.2) is 0 Å². The molecule has 3 aromatic carbocycles. The number of carbonyl (C=O) groups is 1. The molecule has 4 heteroatoms. The topological polar surface area (TPSA) is 38.3 Å². The second-order valence-corrected chi connectivity index (χ2v) is 7.88. The summed E-state index contributed by atoms with van der Waals surface area (Å²) in [5.74, 6) is 1.08. The summed E-state index contributed by atoms with van der Waals surface area (Å²) in [6, 6.07) is 24.9. The predicted molar refractivity (Wildman–Crippen MR) is 118 cm³/mol. The van der Waals surface area contributed by atoms with Crippen molar-refractivity contribution in [1.82, 2.24) is 5.32 Å². The summed E-state index contributed by atoms with van der Waals surface area (Å²) in [6.45, 7) is 4.70. The maximum Gasteiger partial charge on any atom is 0.251 e. The summed E-state index contributed by atoms with van der Waals surface area (Å²) >= 11 is 6.16. The van der Waals surface area contributed by atoms with Gasteiger partial charge in [0.25, 0.3) is 5.91 Å². The van der Waals surface area contributed by atoms with Gasteiger partial charge in [0.2, 0.25) is 0 Å². The molecular formula is C25H26ClNO2. The molecule has 0 saturated heterocycles. The summed E-state index contributed by atoms with van der Waals surface area (Å²) in [5, 5.41) is 3.85. The minimum Gasteiger partial charge on any atom is -0.489 e. The minimum atomic E-state index is -0.0860. The first kappa shape index (κ1) is 20.9. The molecule has 0 radical (unpaired) electrons. The number of hydrogen-bond acceptors (Lipinski definition) is 2. The Morgan fingerprint density at radius 1 is 0.931 bits per heavy atom. The van der Waals surface area contributed by atoms with Crippen LogP contribution in [0.1, 0.15) is 47.8 Å². The van der Waals surface area contributed by atoms with Crippen molar-refractivity contribution in [1.29, 1.82) is 0 Å². The number of carbonyl (C=O) groups excluding carboxylic acids is 1. The fourth-order valence-electron chi connectivity index (χ4n) is 3.16. The average Bonchev–Trinajstić information content (AvgIpc) is 2.73. The molecule has 3 aromatic rings. The van der Waals surface area contributed by atoms with Crippen LogP contribution in [0, 0.1) is 5.92 Å². The van der Waals surface area contributed by atoms with Gasteiger partial charge in [-0.15, -0.1) is 0 Å². The van der Waals surface area contributed by atoms with Crippen LogP contribution in [0.5, 0.6) is 5.75 Å². The molecular weight excluding hydrogens is 382 g/mol. The molecule has 29 heavy (non-hydrogen) atoms. The number of amides is 1. The zero-order chi connectivity index (χ0) is 20.6. The van der Waals surface area contributed by atoms with E-state index in [1.807, 2.05) is 54.6 Å². The first-order valence-corrected chi connectivity index (χ1v) is 10.2. The number of rotatable bonds is 8. The van der Waals surface area contributed by atoms with Crippen LogP contribution >= 0.6 is 11.6 Å². The summed E-state index contributed by atoms with van der Waals surface area (Å²) in [5.41, 5.74) is 2.66. The average molecular weight is 408 g/mol. The van der Waals surface area contributed by atoms with E-state index in [2.05, 4.69) is 31.3 Å². The molecule has 0 aliphatic carbocycles. The minimum absolute atomic E-state index is 0.0140. The third kappa shape index (κ3) is 6.10. The van der Waals surface area contributed by atoms with Gasteiger partial charge in [-0.3, -0.25) is 4.79 Å². The summed E-state index contributed by atoms with van der Waals surface area (Å²) < 4.78 is 5.79. The molecule has 0 spiro atoms. The number of hydrogen-bond donors (Lipinski definition) is 1. The fourth-order valence-corrected chi connectivity index (χ4v) is 3.35. The van der Waals surface area contributed by atoms with E-state index in [1.165, 1.54) is 0 Å². The molecule has 0 aliphatic rings. The summed E-state index contributed by atoms with van der Waals surface area (Å²) in [4.78, 5) is 12.8. The van der Waals surface area contributed by atoms with Crippen LogP contribution in [0.15, 0.2) is 78.9 Å². The van der Waals surface area contributed by atoms with Crippen LogP contribution in [-0.2, 0) is 6.61 Å². The van der Waals surface area contributed by atoms with Crippen LogP contribution < -0.4 is 10.1 Å². The Bertz CT molecular complexity index is 923. The van der Waals surface area contributed by atoms with E-state index in [-0.39, 0.29) is 11.9 Å². The highest BCUT2D eigenvalue weighted by Gasteiger charge is 2.17. The van der Waals surface area contributed by atoms with Gasteiger partial charge in [-0.2, -0.15) is 0 Å². The monoisotopic (exact) mass is 407 g/mol. The van der Waals surface area contributed by atoms with E-state index in [1.54, 1.807) is 12.1 Å². The molecule has 1 amide bonds. The van der Waals surface area contributed by atoms with Crippen molar-refractivity contribution < 1.29 is 9.53 Å². The lowest BCUT2D eigenvalue weighted by Crippen LogP contribution is -2.29. The first-order valence-electron chi connectivity index (χ1n) is 9.85. The molecule has 0 saturated carbocycles. The van der Waals surface area contributed by atoms with Crippen molar-refractivity contribution in [2.24, 2.45) is 5.92 Å². The Morgan fingerprint density at radius 3 is 2.24 bits per heavy atom. The van der Waals surface area contributed by atoms with Crippen molar-refractivity contribution in [3.63, 3.8) is 0 Å². The molecule has 0 fully saturated rings. The zero-order valence-electron chi connectivity index (χ0n) is 16.8. The van der Waals surface area contributed by atoms with Crippen molar-refractivity contribution in [3.8, 4) is 5.75 Å². The zero-order valence-corrected chi connectivity index (χ0v) is 17.5. The van der Waals surface area contributed by atoms with Crippen LogP contribution in [0.2, 0.25) is 5.02 Å². The Morgan fingerprint density at radius 2 is 1.59 bits per heavy atom. The first-order chi connectivity index (χ1) is 14.0. The van der Waals surface area contributed by atoms with Gasteiger partial charge in [0, 0.05) is 16.1 Å². The Hall–Kier alpha value is -2.78. The van der Waals surface area contributed by atoms with Gasteiger partial charge in [-0.05, 0) is 48.2 Å². The molecule has 0 heterocycles. The summed E-state index contributed by atoms with van der Waals surface area (Å²) in [7, 11) is 0. The van der Waals surface area contributed by atoms with Gasteiger partial charge < -0.3 is 10.1 Å². The maximum atomic E-state index is 12.8. The summed E-state index contributed by atoms with van der Waals surface area (Å²) in [6.07, 6.45) is 0.884. The lowest BCUT2D eigenvalue weighted by Gasteiger charge is -2.21. The standard InChI is InChI=1S/C25H26ClNO2/c1-18(2)16-24(19-8-4-3-5-9-19)27-25(28)20-12-14-22(15-13-20)29-17-21-10-6-7-11-23(21)26/h3-15,18,24H,16-17H2,1-2H3,(H,27,28). The Balaban J connectivity index is 1.63. The molecule has 150 valence electrons. The van der Waals surface area contributed by atoms with Gasteiger partial charge in [0.05, 0.1) is 6.04 Å². The SMILES string of the molecule is CC(C)CC(NC(=O)c1ccc(OCc2ccccc2Cl)cc1)c1ccccc1. The van der Waals surface area contributed by atoms with Crippen molar-refractivity contribution in [2.75, 3.05) is 0 Å². The van der Waals surface area contributed by atoms with E-state index >= 15 is 0 Å². The molecule has 3 rings (SSSR count). The van der Waals surface area contributed by atoms with Crippen molar-refractivity contribution in [3.05, 3.63) is 101 Å². The number of halogens is 1. The molecule has 1 unspecified atom stereocenters. The highest BCUT2D eigenvalue weighted by Crippen LogP contribution is 2.23. The normalized spacial score (nSPS) is 11.9. The largest absolute Gasteiger partial charge is 0.489 e. The molecule has 0 aromatic heterocycles. The van der Waals surface area contributed by atoms with Gasteiger partial charge in [-0.1, -0.05) is 74.0 Å². The van der Waals surface area contributed by atoms with Crippen LogP contribution in [0.4, 0.5) is 0 Å². The third-order valence-corrected chi connectivity index (χ3v) is 5.05. The predicted octanol–water partition coefficient (Wildman–Crippen LogP) is 6.44. The van der Waals surface area contributed by atoms with E-state index in [0.717, 1.165) is 17.5 Å². The Labute approximate surface area is 177 Å². The van der Waals surface area contributed by atoms with E-state index in [9.17, 15) is 4.79 Å². The Kier molecular flexibility index (Phi) is 7.31.